The van der Waals surface area contributed by atoms with Crippen LogP contribution in [0, 0.1) is 0 Å². The van der Waals surface area contributed by atoms with Gasteiger partial charge in [-0.15, -0.1) is 0 Å². The van der Waals surface area contributed by atoms with Crippen molar-refractivity contribution in [2.24, 2.45) is 0 Å². The second-order valence-corrected chi connectivity index (χ2v) is 11.0. The van der Waals surface area contributed by atoms with Crippen molar-refractivity contribution < 1.29 is 0 Å². The van der Waals surface area contributed by atoms with Crippen LogP contribution in [0.1, 0.15) is 26.7 Å². The van der Waals surface area contributed by atoms with Gasteiger partial charge in [0.05, 0.1) is 0 Å². The van der Waals surface area contributed by atoms with Crippen molar-refractivity contribution in [2.45, 2.75) is 38.8 Å². The van der Waals surface area contributed by atoms with E-state index in [0.717, 1.165) is 0 Å². The van der Waals surface area contributed by atoms with Crippen molar-refractivity contribution in [1.82, 2.24) is 0 Å². The van der Waals surface area contributed by atoms with E-state index in [2.05, 4.69) is 36.4 Å². The zero-order chi connectivity index (χ0) is 8.04. The topological polar surface area (TPSA) is 0 Å². The van der Waals surface area contributed by atoms with Gasteiger partial charge in [-0.05, 0) is 12.1 Å². The van der Waals surface area contributed by atoms with Crippen molar-refractivity contribution in [3.8, 4) is 0 Å². The lowest BCUT2D eigenvalue weighted by Gasteiger charge is -2.19. The van der Waals surface area contributed by atoms with Crippen molar-refractivity contribution in [1.29, 1.82) is 0 Å². The minimum absolute atomic E-state index is 1.22. The molecule has 0 saturated carbocycles. The molecule has 0 rings (SSSR count). The van der Waals surface area contributed by atoms with Crippen LogP contribution in [0.2, 0.25) is 12.1 Å². The molecule has 0 nitrogen and oxygen atoms in total. The van der Waals surface area contributed by atoms with Gasteiger partial charge in [-0.2, -0.15) is 11.1 Å². The molecule has 0 heterocycles. The van der Waals surface area contributed by atoms with E-state index in [1.807, 2.05) is 0 Å². The van der Waals surface area contributed by atoms with Crippen LogP contribution in [0.15, 0.2) is 0 Å². The minimum Gasteiger partial charge on any atom is -0.166 e. The maximum Gasteiger partial charge on any atom is 0.166 e. The third-order valence-corrected chi connectivity index (χ3v) is 12.2. The van der Waals surface area contributed by atoms with Crippen LogP contribution < -0.4 is 0 Å². The van der Waals surface area contributed by atoms with Gasteiger partial charge in [-0.3, -0.25) is 0 Å². The van der Waals surface area contributed by atoms with Crippen LogP contribution in [0.4, 0.5) is 0 Å². The van der Waals surface area contributed by atoms with E-state index < -0.39 is 7.38 Å². The molecule has 62 valence electrons. The summed E-state index contributed by atoms with van der Waals surface area (Å²) in [6, 6.07) is 2.59. The molecule has 0 radical (unpaired) electrons. The Kier molecular flexibility index (Phi) is 6.55. The third kappa shape index (κ3) is 4.19. The first-order chi connectivity index (χ1) is 4.68. The molecule has 0 aromatic carbocycles. The molecule has 3 heteroatoms. The van der Waals surface area contributed by atoms with Crippen molar-refractivity contribution in [2.75, 3.05) is 4.05 Å². The number of hydrogen-bond acceptors (Lipinski definition) is 0. The van der Waals surface area contributed by atoms with Gasteiger partial charge in [0.25, 0.3) is 0 Å². The highest BCUT2D eigenvalue weighted by atomic mass is 127. The second-order valence-electron chi connectivity index (χ2n) is 2.78. The number of halogens is 2. The van der Waals surface area contributed by atoms with Gasteiger partial charge in [-0.25, -0.2) is 0 Å². The summed E-state index contributed by atoms with van der Waals surface area (Å²) in [4.78, 5) is 0. The lowest BCUT2D eigenvalue weighted by molar-refractivity contribution is 0.999. The predicted octanol–water partition coefficient (Wildman–Crippen LogP) is 3.96. The maximum absolute atomic E-state index is 6.46. The van der Waals surface area contributed by atoms with Gasteiger partial charge < -0.3 is 0 Å². The maximum atomic E-state index is 6.46. The normalized spacial score (nSPS) is 12.0. The summed E-state index contributed by atoms with van der Waals surface area (Å²) >= 11 is 8.90. The van der Waals surface area contributed by atoms with Crippen LogP contribution in [0.5, 0.6) is 0 Å². The second kappa shape index (κ2) is 5.83. The zero-order valence-electron chi connectivity index (χ0n) is 6.79. The first-order valence-corrected chi connectivity index (χ1v) is 9.09. The summed E-state index contributed by atoms with van der Waals surface area (Å²) in [5.74, 6) is 0. The molecule has 0 saturated heterocycles. The van der Waals surface area contributed by atoms with E-state index in [1.165, 1.54) is 29.0 Å². The van der Waals surface area contributed by atoms with Gasteiger partial charge in [0.1, 0.15) is 0 Å². The van der Waals surface area contributed by atoms with Crippen LogP contribution in [0.25, 0.3) is 0 Å². The first-order valence-electron chi connectivity index (χ1n) is 3.93. The summed E-state index contributed by atoms with van der Waals surface area (Å²) in [5.41, 5.74) is 0. The van der Waals surface area contributed by atoms with E-state index in [9.17, 15) is 0 Å². The fourth-order valence-corrected chi connectivity index (χ4v) is 6.89. The average Bonchev–Trinajstić information content (AvgIpc) is 1.89. The Morgan fingerprint density at radius 1 is 1.20 bits per heavy atom. The SMILES string of the molecule is CCC[Si](Cl)(CI)CCC. The fourth-order valence-electron chi connectivity index (χ4n) is 1.15. The van der Waals surface area contributed by atoms with E-state index in [4.69, 9.17) is 11.1 Å². The van der Waals surface area contributed by atoms with Gasteiger partial charge in [0.15, 0.2) is 7.38 Å². The summed E-state index contributed by atoms with van der Waals surface area (Å²) in [6.07, 6.45) is 2.53. The molecule has 0 aliphatic heterocycles. The molecule has 0 aromatic heterocycles. The molecule has 0 amide bonds. The lowest BCUT2D eigenvalue weighted by atomic mass is 10.6. The number of rotatable bonds is 5. The molecular formula is C7H16ClISi. The highest BCUT2D eigenvalue weighted by molar-refractivity contribution is 14.1. The monoisotopic (exact) mass is 290 g/mol. The van der Waals surface area contributed by atoms with Crippen LogP contribution >= 0.6 is 33.7 Å². The third-order valence-electron chi connectivity index (χ3n) is 1.64. The number of alkyl halides is 1. The van der Waals surface area contributed by atoms with Crippen molar-refractivity contribution in [3.05, 3.63) is 0 Å². The molecule has 0 bridgehead atoms. The van der Waals surface area contributed by atoms with E-state index in [-0.39, 0.29) is 0 Å². The first kappa shape index (κ1) is 11.2. The van der Waals surface area contributed by atoms with Crippen LogP contribution in [-0.2, 0) is 0 Å². The van der Waals surface area contributed by atoms with Crippen molar-refractivity contribution in [3.63, 3.8) is 0 Å². The Hall–Kier alpha value is 1.24. The van der Waals surface area contributed by atoms with E-state index >= 15 is 0 Å². The van der Waals surface area contributed by atoms with Crippen LogP contribution in [-0.4, -0.2) is 11.4 Å². The quantitative estimate of drug-likeness (QED) is 0.311. The zero-order valence-corrected chi connectivity index (χ0v) is 10.7. The van der Waals surface area contributed by atoms with Gasteiger partial charge in [-0.1, -0.05) is 49.3 Å². The summed E-state index contributed by atoms with van der Waals surface area (Å²) in [6.45, 7) is 4.46. The number of hydrogen-bond donors (Lipinski definition) is 0. The molecule has 0 N–H and O–H groups in total. The standard InChI is InChI=1S/C7H16ClISi/c1-3-5-10(8,7-9)6-4-2/h3-7H2,1-2H3. The summed E-state index contributed by atoms with van der Waals surface area (Å²) in [5, 5.41) is 0. The summed E-state index contributed by atoms with van der Waals surface area (Å²) < 4.78 is 1.22. The molecule has 0 aliphatic rings. The predicted molar refractivity (Wildman–Crippen MR) is 60.7 cm³/mol. The van der Waals surface area contributed by atoms with E-state index in [1.54, 1.807) is 0 Å². The van der Waals surface area contributed by atoms with E-state index in [0.29, 0.717) is 0 Å². The molecule has 0 unspecified atom stereocenters. The Morgan fingerprint density at radius 2 is 1.60 bits per heavy atom. The fraction of sp³-hybridized carbons (Fsp3) is 1.00. The Balaban J connectivity index is 3.69. The molecular weight excluding hydrogens is 275 g/mol. The molecule has 0 atom stereocenters. The van der Waals surface area contributed by atoms with Gasteiger partial charge in [0.2, 0.25) is 0 Å². The minimum atomic E-state index is -1.26. The van der Waals surface area contributed by atoms with Gasteiger partial charge in [0, 0.05) is 4.05 Å². The van der Waals surface area contributed by atoms with Crippen LogP contribution in [0.3, 0.4) is 0 Å². The summed E-state index contributed by atoms with van der Waals surface area (Å²) in [7, 11) is -1.26. The average molecular weight is 291 g/mol. The highest BCUT2D eigenvalue weighted by Crippen LogP contribution is 2.25. The lowest BCUT2D eigenvalue weighted by Crippen LogP contribution is -2.28. The largest absolute Gasteiger partial charge is 0.166 e. The Labute approximate surface area is 83.6 Å². The Bertz CT molecular complexity index is 81.7. The van der Waals surface area contributed by atoms with Crippen molar-refractivity contribution >= 4 is 41.1 Å². The molecule has 10 heavy (non-hydrogen) atoms. The Morgan fingerprint density at radius 3 is 1.80 bits per heavy atom. The molecule has 0 aliphatic carbocycles. The van der Waals surface area contributed by atoms with Gasteiger partial charge >= 0.3 is 0 Å². The molecule has 0 fully saturated rings. The highest BCUT2D eigenvalue weighted by Gasteiger charge is 2.26. The molecule has 0 spiro atoms. The molecule has 0 aromatic rings. The smallest absolute Gasteiger partial charge is 0.166 e.